The number of hydrogen-bond acceptors (Lipinski definition) is 4. The Kier molecular flexibility index (Phi) is 5.18. The van der Waals surface area contributed by atoms with Crippen LogP contribution < -0.4 is 14.4 Å². The first kappa shape index (κ1) is 18.3. The van der Waals surface area contributed by atoms with Crippen LogP contribution in [0, 0.1) is 6.92 Å². The summed E-state index contributed by atoms with van der Waals surface area (Å²) in [5, 5.41) is 0. The highest BCUT2D eigenvalue weighted by Crippen LogP contribution is 2.28. The third-order valence-corrected chi connectivity index (χ3v) is 5.79. The maximum absolute atomic E-state index is 12.6. The average molecular weight is 374 g/mol. The molecule has 1 aliphatic rings. The van der Waals surface area contributed by atoms with Crippen LogP contribution in [0.2, 0.25) is 0 Å². The van der Waals surface area contributed by atoms with E-state index in [0.717, 1.165) is 24.1 Å². The van der Waals surface area contributed by atoms with E-state index in [2.05, 4.69) is 4.72 Å². The molecule has 1 fully saturated rings. The van der Waals surface area contributed by atoms with Crippen molar-refractivity contribution >= 4 is 27.3 Å². The van der Waals surface area contributed by atoms with Crippen molar-refractivity contribution in [1.82, 2.24) is 0 Å². The van der Waals surface area contributed by atoms with E-state index in [1.54, 1.807) is 35.2 Å². The number of ether oxygens (including phenoxy) is 1. The largest absolute Gasteiger partial charge is 0.497 e. The number of anilines is 2. The zero-order chi connectivity index (χ0) is 18.7. The molecule has 1 heterocycles. The van der Waals surface area contributed by atoms with Crippen LogP contribution in [0.3, 0.4) is 0 Å². The number of carbonyl (C=O) groups excluding carboxylic acids is 1. The third kappa shape index (κ3) is 3.83. The van der Waals surface area contributed by atoms with Gasteiger partial charge in [0.15, 0.2) is 0 Å². The van der Waals surface area contributed by atoms with E-state index >= 15 is 0 Å². The lowest BCUT2D eigenvalue weighted by molar-refractivity contribution is -0.119. The molecular formula is C19H22N2O4S. The normalized spacial score (nSPS) is 15.0. The van der Waals surface area contributed by atoms with Gasteiger partial charge in [0.05, 0.1) is 12.0 Å². The first-order valence-electron chi connectivity index (χ1n) is 8.48. The van der Waals surface area contributed by atoms with Gasteiger partial charge in [-0.1, -0.05) is 6.07 Å². The number of carbonyl (C=O) groups is 1. The zero-order valence-electron chi connectivity index (χ0n) is 14.9. The second-order valence-corrected chi connectivity index (χ2v) is 7.97. The quantitative estimate of drug-likeness (QED) is 0.871. The molecule has 7 heteroatoms. The first-order chi connectivity index (χ1) is 12.4. The van der Waals surface area contributed by atoms with Crippen molar-refractivity contribution in [3.8, 4) is 5.75 Å². The molecule has 1 amide bonds. The molecule has 0 spiro atoms. The van der Waals surface area contributed by atoms with E-state index in [1.807, 2.05) is 6.92 Å². The average Bonchev–Trinajstić information content (AvgIpc) is 2.62. The third-order valence-electron chi connectivity index (χ3n) is 4.41. The summed E-state index contributed by atoms with van der Waals surface area (Å²) in [5.74, 6) is 0.590. The Morgan fingerprint density at radius 3 is 2.62 bits per heavy atom. The van der Waals surface area contributed by atoms with Gasteiger partial charge in [-0.2, -0.15) is 0 Å². The molecule has 2 aromatic rings. The fourth-order valence-corrected chi connectivity index (χ4v) is 4.15. The van der Waals surface area contributed by atoms with Crippen LogP contribution in [-0.2, 0) is 14.8 Å². The predicted molar refractivity (Wildman–Crippen MR) is 101 cm³/mol. The Bertz CT molecular complexity index is 925. The molecule has 2 aromatic carbocycles. The summed E-state index contributed by atoms with van der Waals surface area (Å²) < 4.78 is 32.8. The van der Waals surface area contributed by atoms with Crippen LogP contribution in [0.1, 0.15) is 24.8 Å². The van der Waals surface area contributed by atoms with Crippen LogP contribution in [-0.4, -0.2) is 28.0 Å². The summed E-state index contributed by atoms with van der Waals surface area (Å²) in [5.41, 5.74) is 2.14. The van der Waals surface area contributed by atoms with Gasteiger partial charge in [0.25, 0.3) is 10.0 Å². The number of benzene rings is 2. The minimum Gasteiger partial charge on any atom is -0.497 e. The highest BCUT2D eigenvalue weighted by molar-refractivity contribution is 7.92. The molecule has 0 saturated carbocycles. The number of rotatable bonds is 5. The number of nitrogens with zero attached hydrogens (tertiary/aromatic N) is 1. The van der Waals surface area contributed by atoms with Crippen LogP contribution >= 0.6 is 0 Å². The number of methoxy groups -OCH3 is 1. The minimum atomic E-state index is -3.72. The molecule has 1 N–H and O–H groups in total. The van der Waals surface area contributed by atoms with E-state index in [9.17, 15) is 13.2 Å². The van der Waals surface area contributed by atoms with E-state index < -0.39 is 10.0 Å². The lowest BCUT2D eigenvalue weighted by atomic mass is 10.1. The molecule has 1 saturated heterocycles. The van der Waals surface area contributed by atoms with Gasteiger partial charge in [-0.15, -0.1) is 0 Å². The van der Waals surface area contributed by atoms with Gasteiger partial charge in [0.1, 0.15) is 5.75 Å². The molecule has 26 heavy (non-hydrogen) atoms. The maximum atomic E-state index is 12.6. The Labute approximate surface area is 153 Å². The Morgan fingerprint density at radius 1 is 1.12 bits per heavy atom. The first-order valence-corrected chi connectivity index (χ1v) is 9.97. The van der Waals surface area contributed by atoms with Crippen LogP contribution in [0.5, 0.6) is 5.75 Å². The summed E-state index contributed by atoms with van der Waals surface area (Å²) >= 11 is 0. The number of amides is 1. The smallest absolute Gasteiger partial charge is 0.262 e. The molecular weight excluding hydrogens is 352 g/mol. The lowest BCUT2D eigenvalue weighted by Gasteiger charge is -2.28. The molecule has 0 bridgehead atoms. The topological polar surface area (TPSA) is 75.7 Å². The number of piperidine rings is 1. The molecule has 1 aliphatic heterocycles. The van der Waals surface area contributed by atoms with E-state index in [4.69, 9.17) is 4.74 Å². The Hall–Kier alpha value is -2.54. The number of aryl methyl sites for hydroxylation is 1. The van der Waals surface area contributed by atoms with Gasteiger partial charge in [0, 0.05) is 30.4 Å². The summed E-state index contributed by atoms with van der Waals surface area (Å²) in [6, 6.07) is 11.5. The molecule has 0 aromatic heterocycles. The molecule has 0 atom stereocenters. The van der Waals surface area contributed by atoms with Gasteiger partial charge in [-0.05, 0) is 55.7 Å². The zero-order valence-corrected chi connectivity index (χ0v) is 15.7. The number of nitrogens with one attached hydrogen (secondary N) is 1. The molecule has 3 rings (SSSR count). The number of hydrogen-bond donors (Lipinski definition) is 1. The van der Waals surface area contributed by atoms with Crippen molar-refractivity contribution in [3.05, 3.63) is 48.0 Å². The summed E-state index contributed by atoms with van der Waals surface area (Å²) in [4.78, 5) is 14.0. The van der Waals surface area contributed by atoms with Gasteiger partial charge in [-0.3, -0.25) is 9.52 Å². The molecule has 0 radical (unpaired) electrons. The molecule has 138 valence electrons. The van der Waals surface area contributed by atoms with Crippen LogP contribution in [0.15, 0.2) is 47.4 Å². The highest BCUT2D eigenvalue weighted by Gasteiger charge is 2.21. The van der Waals surface area contributed by atoms with Crippen molar-refractivity contribution < 1.29 is 17.9 Å². The molecule has 0 aliphatic carbocycles. The Morgan fingerprint density at radius 2 is 1.92 bits per heavy atom. The van der Waals surface area contributed by atoms with Gasteiger partial charge in [-0.25, -0.2) is 8.42 Å². The van der Waals surface area contributed by atoms with E-state index in [1.165, 1.54) is 19.2 Å². The molecule has 0 unspecified atom stereocenters. The van der Waals surface area contributed by atoms with E-state index in [-0.39, 0.29) is 10.8 Å². The monoisotopic (exact) mass is 374 g/mol. The predicted octanol–water partition coefficient (Wildman–Crippen LogP) is 3.32. The second kappa shape index (κ2) is 7.37. The van der Waals surface area contributed by atoms with Crippen molar-refractivity contribution in [2.75, 3.05) is 23.3 Å². The van der Waals surface area contributed by atoms with Crippen molar-refractivity contribution in [3.63, 3.8) is 0 Å². The standard InChI is InChI=1S/C19H22N2O4S/c1-14-12-15(9-10-18(14)21-11-4-3-8-19(21)22)20-26(23,24)17-7-5-6-16(13-17)25-2/h5-7,9-10,12-13,20H,3-4,8,11H2,1-2H3. The summed E-state index contributed by atoms with van der Waals surface area (Å²) in [7, 11) is -2.23. The Balaban J connectivity index is 1.84. The van der Waals surface area contributed by atoms with Crippen LogP contribution in [0.25, 0.3) is 0 Å². The highest BCUT2D eigenvalue weighted by atomic mass is 32.2. The van der Waals surface area contributed by atoms with Gasteiger partial charge in [0.2, 0.25) is 5.91 Å². The van der Waals surface area contributed by atoms with Crippen molar-refractivity contribution in [1.29, 1.82) is 0 Å². The second-order valence-electron chi connectivity index (χ2n) is 6.29. The summed E-state index contributed by atoms with van der Waals surface area (Å²) in [6.45, 7) is 2.58. The van der Waals surface area contributed by atoms with Crippen LogP contribution in [0.4, 0.5) is 11.4 Å². The fraction of sp³-hybridized carbons (Fsp3) is 0.316. The fourth-order valence-electron chi connectivity index (χ4n) is 3.06. The lowest BCUT2D eigenvalue weighted by Crippen LogP contribution is -2.35. The SMILES string of the molecule is COc1cccc(S(=O)(=O)Nc2ccc(N3CCCCC3=O)c(C)c2)c1. The van der Waals surface area contributed by atoms with Crippen molar-refractivity contribution in [2.45, 2.75) is 31.1 Å². The van der Waals surface area contributed by atoms with Gasteiger partial charge >= 0.3 is 0 Å². The maximum Gasteiger partial charge on any atom is 0.262 e. The van der Waals surface area contributed by atoms with E-state index in [0.29, 0.717) is 24.4 Å². The minimum absolute atomic E-state index is 0.115. The number of sulfonamides is 1. The van der Waals surface area contributed by atoms with Gasteiger partial charge < -0.3 is 9.64 Å². The van der Waals surface area contributed by atoms with Crippen molar-refractivity contribution in [2.24, 2.45) is 0 Å². The molecule has 6 nitrogen and oxygen atoms in total. The summed E-state index contributed by atoms with van der Waals surface area (Å²) in [6.07, 6.45) is 2.46.